The maximum Gasteiger partial charge on any atom is 0.410 e. The van der Waals surface area contributed by atoms with Gasteiger partial charge in [0.15, 0.2) is 11.6 Å². The maximum atomic E-state index is 14.0. The molecule has 0 bridgehead atoms. The van der Waals surface area contributed by atoms with Crippen LogP contribution < -0.4 is 4.90 Å². The van der Waals surface area contributed by atoms with Gasteiger partial charge in [0.2, 0.25) is 11.8 Å². The van der Waals surface area contributed by atoms with Gasteiger partial charge >= 0.3 is 12.2 Å². The van der Waals surface area contributed by atoms with Gasteiger partial charge in [0.05, 0.1) is 52.7 Å². The van der Waals surface area contributed by atoms with E-state index < -0.39 is 36.4 Å². The van der Waals surface area contributed by atoms with Crippen LogP contribution in [0.2, 0.25) is 0 Å². The maximum absolute atomic E-state index is 14.0. The van der Waals surface area contributed by atoms with Gasteiger partial charge < -0.3 is 33.6 Å². The molecule has 62 heavy (non-hydrogen) atoms. The van der Waals surface area contributed by atoms with Crippen molar-refractivity contribution in [3.63, 3.8) is 0 Å². The number of morpholine rings is 2. The van der Waals surface area contributed by atoms with Crippen LogP contribution in [0.3, 0.4) is 0 Å². The molecule has 4 saturated heterocycles. The first-order valence-corrected chi connectivity index (χ1v) is 21.2. The zero-order valence-electron chi connectivity index (χ0n) is 35.2. The van der Waals surface area contributed by atoms with Crippen LogP contribution in [0.1, 0.15) is 47.9 Å². The van der Waals surface area contributed by atoms with Gasteiger partial charge in [0.1, 0.15) is 17.9 Å². The fourth-order valence-electron chi connectivity index (χ4n) is 8.90. The molecule has 0 aliphatic carbocycles. The summed E-state index contributed by atoms with van der Waals surface area (Å²) in [6.07, 6.45) is 1.56. The van der Waals surface area contributed by atoms with E-state index in [4.69, 9.17) is 18.9 Å². The number of carbonyl (C=O) groups excluding carboxylic acids is 6. The summed E-state index contributed by atoms with van der Waals surface area (Å²) in [6.45, 7) is 3.01. The average Bonchev–Trinajstić information content (AvgIpc) is 4.01. The summed E-state index contributed by atoms with van der Waals surface area (Å²) in [6, 6.07) is 18.9. The van der Waals surface area contributed by atoms with E-state index in [0.717, 1.165) is 27.9 Å². The average molecular weight is 856 g/mol. The highest BCUT2D eigenvalue weighted by molar-refractivity contribution is 5.94. The number of benzene rings is 3. The number of rotatable bonds is 13. The molecule has 0 aromatic heterocycles. The molecule has 0 N–H and O–H groups in total. The number of amides is 4. The van der Waals surface area contributed by atoms with Gasteiger partial charge in [-0.1, -0.05) is 48.5 Å². The largest absolute Gasteiger partial charge is 0.453 e. The summed E-state index contributed by atoms with van der Waals surface area (Å²) in [7, 11) is 2.55. The number of ether oxygens (including phenoxy) is 4. The van der Waals surface area contributed by atoms with Crippen molar-refractivity contribution in [1.29, 1.82) is 0 Å². The third-order valence-corrected chi connectivity index (χ3v) is 12.2. The van der Waals surface area contributed by atoms with Crippen LogP contribution in [0.25, 0.3) is 0 Å². The first-order chi connectivity index (χ1) is 30.0. The van der Waals surface area contributed by atoms with Crippen LogP contribution in [0.5, 0.6) is 0 Å². The second-order valence-corrected chi connectivity index (χ2v) is 16.1. The lowest BCUT2D eigenvalue weighted by molar-refractivity contribution is -0.146. The van der Waals surface area contributed by atoms with Crippen molar-refractivity contribution in [3.05, 3.63) is 101 Å². The molecule has 0 spiro atoms. The minimum absolute atomic E-state index is 0.0523. The second kappa shape index (κ2) is 20.3. The van der Waals surface area contributed by atoms with Gasteiger partial charge in [-0.2, -0.15) is 0 Å². The van der Waals surface area contributed by atoms with E-state index in [0.29, 0.717) is 65.1 Å². The molecule has 4 aliphatic rings. The minimum Gasteiger partial charge on any atom is -0.453 e. The van der Waals surface area contributed by atoms with Gasteiger partial charge in [0.25, 0.3) is 0 Å². The molecule has 16 heteroatoms. The van der Waals surface area contributed by atoms with E-state index in [2.05, 4.69) is 4.90 Å². The van der Waals surface area contributed by atoms with Crippen molar-refractivity contribution in [3.8, 4) is 0 Å². The van der Waals surface area contributed by atoms with Gasteiger partial charge in [-0.25, -0.2) is 14.0 Å². The summed E-state index contributed by atoms with van der Waals surface area (Å²) in [5.41, 5.74) is 4.37. The number of nitrogens with zero attached hydrogens (tertiary/aromatic N) is 5. The van der Waals surface area contributed by atoms with Crippen molar-refractivity contribution in [2.45, 2.75) is 75.8 Å². The summed E-state index contributed by atoms with van der Waals surface area (Å²) >= 11 is 0. The molecule has 15 nitrogen and oxygen atoms in total. The van der Waals surface area contributed by atoms with Gasteiger partial charge in [-0.3, -0.25) is 29.0 Å². The van der Waals surface area contributed by atoms with Crippen LogP contribution in [-0.4, -0.2) is 146 Å². The molecule has 0 unspecified atom stereocenters. The van der Waals surface area contributed by atoms with Crippen molar-refractivity contribution in [2.24, 2.45) is 0 Å². The molecular weight excluding hydrogens is 802 g/mol. The normalized spacial score (nSPS) is 21.4. The van der Waals surface area contributed by atoms with Crippen LogP contribution in [-0.2, 0) is 64.1 Å². The van der Waals surface area contributed by atoms with Crippen molar-refractivity contribution >= 4 is 41.3 Å². The summed E-state index contributed by atoms with van der Waals surface area (Å²) < 4.78 is 34.8. The summed E-state index contributed by atoms with van der Waals surface area (Å²) in [5.74, 6) is -1.11. The standard InChI is InChI=1S/C46H54FN5O10/c1-59-45(57)51-21-23-61-29-39(51)43(55)49-19-3-5-37(49)41(53)25-31-7-11-33(12-8-31)27-48(36-17-15-35(47)16-18-36)28-34-13-9-32(10-14-34)26-42(54)38-6-4-20-50(38)44(56)40-30-62-24-22-52(40)46(58)60-2/h7-18,37-40H,3-6,19-30H2,1-2H3/t37-,38-,39-,40-/m0/s1. The Morgan fingerprint density at radius 2 is 0.968 bits per heavy atom. The Hall–Kier alpha value is -5.87. The second-order valence-electron chi connectivity index (χ2n) is 16.1. The first-order valence-electron chi connectivity index (χ1n) is 21.2. The van der Waals surface area contributed by atoms with E-state index in [9.17, 15) is 33.2 Å². The van der Waals surface area contributed by atoms with Crippen molar-refractivity contribution in [1.82, 2.24) is 19.6 Å². The van der Waals surface area contributed by atoms with Crippen LogP contribution in [0.15, 0.2) is 72.8 Å². The topological polar surface area (TPSA) is 156 Å². The Bertz CT molecular complexity index is 1960. The van der Waals surface area contributed by atoms with Crippen molar-refractivity contribution < 1.29 is 52.1 Å². The predicted octanol–water partition coefficient (Wildman–Crippen LogP) is 4.17. The smallest absolute Gasteiger partial charge is 0.410 e. The van der Waals surface area contributed by atoms with Crippen LogP contribution >= 0.6 is 0 Å². The van der Waals surface area contributed by atoms with E-state index in [-0.39, 0.29) is 68.3 Å². The quantitative estimate of drug-likeness (QED) is 0.243. The molecule has 0 radical (unpaired) electrons. The Morgan fingerprint density at radius 3 is 1.37 bits per heavy atom. The van der Waals surface area contributed by atoms with Crippen LogP contribution in [0.4, 0.5) is 19.7 Å². The molecule has 3 aromatic carbocycles. The third-order valence-electron chi connectivity index (χ3n) is 12.2. The number of hydrogen-bond acceptors (Lipinski definition) is 11. The zero-order valence-corrected chi connectivity index (χ0v) is 35.2. The lowest BCUT2D eigenvalue weighted by Crippen LogP contribution is -2.58. The fourth-order valence-corrected chi connectivity index (χ4v) is 8.90. The molecule has 3 aromatic rings. The van der Waals surface area contributed by atoms with Crippen molar-refractivity contribution in [2.75, 3.05) is 71.7 Å². The van der Waals surface area contributed by atoms with Gasteiger partial charge in [0, 0.05) is 57.8 Å². The highest BCUT2D eigenvalue weighted by atomic mass is 19.1. The van der Waals surface area contributed by atoms with Crippen LogP contribution in [0, 0.1) is 5.82 Å². The summed E-state index contributed by atoms with van der Waals surface area (Å²) in [4.78, 5) is 87.2. The number of methoxy groups -OCH3 is 2. The van der Waals surface area contributed by atoms with Gasteiger partial charge in [-0.15, -0.1) is 0 Å². The Morgan fingerprint density at radius 1 is 0.565 bits per heavy atom. The van der Waals surface area contributed by atoms with Gasteiger partial charge in [-0.05, 0) is 72.2 Å². The Labute approximate surface area is 360 Å². The molecule has 4 atom stereocenters. The first kappa shape index (κ1) is 44.2. The molecule has 0 saturated carbocycles. The number of Topliss-reactive ketones (excluding diaryl/α,β-unsaturated/α-hetero) is 2. The Balaban J connectivity index is 0.967. The lowest BCUT2D eigenvalue weighted by Gasteiger charge is -2.36. The third kappa shape index (κ3) is 10.2. The number of anilines is 1. The minimum atomic E-state index is -0.840. The van der Waals surface area contributed by atoms with E-state index in [1.165, 1.54) is 36.2 Å². The molecule has 4 aliphatic heterocycles. The lowest BCUT2D eigenvalue weighted by atomic mass is 10.00. The number of hydrogen-bond donors (Lipinski definition) is 0. The number of likely N-dealkylation sites (tertiary alicyclic amines) is 2. The molecule has 330 valence electrons. The Kier molecular flexibility index (Phi) is 14.5. The number of ketones is 2. The summed E-state index contributed by atoms with van der Waals surface area (Å²) in [5, 5.41) is 0. The SMILES string of the molecule is COC(=O)N1CCOC[C@H]1C(=O)N1CCC[C@H]1C(=O)Cc1ccc(CN(Cc2ccc(CC(=O)[C@@H]3CCCN3C(=O)[C@@H]3COCCN3C(=O)OC)cc2)c2ccc(F)cc2)cc1. The molecule has 4 amide bonds. The highest BCUT2D eigenvalue weighted by Gasteiger charge is 2.43. The number of halogens is 1. The van der Waals surface area contributed by atoms with E-state index >= 15 is 0 Å². The molecule has 7 rings (SSSR count). The molecule has 4 fully saturated rings. The zero-order chi connectivity index (χ0) is 43.8. The molecular formula is C46H54FN5O10. The number of carbonyl (C=O) groups is 6. The highest BCUT2D eigenvalue weighted by Crippen LogP contribution is 2.27. The predicted molar refractivity (Wildman–Crippen MR) is 223 cm³/mol. The van der Waals surface area contributed by atoms with E-state index in [1.807, 2.05) is 48.5 Å². The van der Waals surface area contributed by atoms with E-state index in [1.54, 1.807) is 21.9 Å². The molecule has 4 heterocycles. The fraction of sp³-hybridized carbons (Fsp3) is 0.478. The monoisotopic (exact) mass is 855 g/mol.